The number of allylic oxidation sites excluding steroid dienone is 1. The summed E-state index contributed by atoms with van der Waals surface area (Å²) in [5, 5.41) is 28.9. The van der Waals surface area contributed by atoms with Crippen molar-refractivity contribution in [2.45, 2.75) is 96.2 Å². The number of aliphatic hydroxyl groups excluding tert-OH is 2. The van der Waals surface area contributed by atoms with E-state index in [-0.39, 0.29) is 24.4 Å². The topological polar surface area (TPSA) is 77.8 Å². The number of hydrogen-bond donors (Lipinski definition) is 3. The Labute approximate surface area is 158 Å². The number of aliphatic carboxylic acids is 1. The van der Waals surface area contributed by atoms with Gasteiger partial charge in [0.2, 0.25) is 0 Å². The SMILES string of the molecule is CCCCCCCC(O)C=CC1CCC(O)C1CC#CCCCC(=O)O. The van der Waals surface area contributed by atoms with Crippen LogP contribution in [-0.2, 0) is 4.79 Å². The highest BCUT2D eigenvalue weighted by Gasteiger charge is 2.32. The predicted molar refractivity (Wildman–Crippen MR) is 105 cm³/mol. The van der Waals surface area contributed by atoms with Crippen LogP contribution >= 0.6 is 0 Å². The molecule has 0 amide bonds. The fourth-order valence-corrected chi connectivity index (χ4v) is 3.53. The van der Waals surface area contributed by atoms with Crippen LogP contribution in [0.3, 0.4) is 0 Å². The molecule has 4 atom stereocenters. The fraction of sp³-hybridized carbons (Fsp3) is 0.773. The molecule has 0 aromatic rings. The average molecular weight is 365 g/mol. The van der Waals surface area contributed by atoms with Crippen LogP contribution in [0, 0.1) is 23.7 Å². The van der Waals surface area contributed by atoms with Crippen LogP contribution < -0.4 is 0 Å². The summed E-state index contributed by atoms with van der Waals surface area (Å²) in [6, 6.07) is 0. The van der Waals surface area contributed by atoms with Gasteiger partial charge in [0, 0.05) is 25.2 Å². The highest BCUT2D eigenvalue weighted by atomic mass is 16.4. The van der Waals surface area contributed by atoms with E-state index >= 15 is 0 Å². The zero-order valence-electron chi connectivity index (χ0n) is 16.2. The Morgan fingerprint density at radius 1 is 1.15 bits per heavy atom. The summed E-state index contributed by atoms with van der Waals surface area (Å²) in [7, 11) is 0. The van der Waals surface area contributed by atoms with E-state index in [9.17, 15) is 15.0 Å². The Hall–Kier alpha value is -1.31. The normalized spacial score (nSPS) is 23.7. The molecule has 0 spiro atoms. The van der Waals surface area contributed by atoms with Gasteiger partial charge in [0.1, 0.15) is 0 Å². The molecule has 1 rings (SSSR count). The monoisotopic (exact) mass is 364 g/mol. The van der Waals surface area contributed by atoms with E-state index in [1.54, 1.807) is 0 Å². The second-order valence-corrected chi connectivity index (χ2v) is 7.43. The molecule has 0 aromatic carbocycles. The minimum absolute atomic E-state index is 0.120. The Balaban J connectivity index is 2.33. The largest absolute Gasteiger partial charge is 0.481 e. The first-order chi connectivity index (χ1) is 12.5. The van der Waals surface area contributed by atoms with Crippen molar-refractivity contribution in [3.63, 3.8) is 0 Å². The van der Waals surface area contributed by atoms with Gasteiger partial charge >= 0.3 is 5.97 Å². The lowest BCUT2D eigenvalue weighted by atomic mass is 9.91. The first kappa shape index (κ1) is 22.7. The molecule has 4 nitrogen and oxygen atoms in total. The molecule has 0 saturated heterocycles. The Kier molecular flexibility index (Phi) is 12.1. The first-order valence-corrected chi connectivity index (χ1v) is 10.3. The van der Waals surface area contributed by atoms with Crippen molar-refractivity contribution in [3.8, 4) is 11.8 Å². The second-order valence-electron chi connectivity index (χ2n) is 7.43. The maximum atomic E-state index is 10.5. The third kappa shape index (κ3) is 9.99. The minimum Gasteiger partial charge on any atom is -0.481 e. The molecule has 0 aromatic heterocycles. The van der Waals surface area contributed by atoms with Crippen LogP contribution in [-0.4, -0.2) is 33.5 Å². The summed E-state index contributed by atoms with van der Waals surface area (Å²) in [5.41, 5.74) is 0. The van der Waals surface area contributed by atoms with Crippen molar-refractivity contribution in [2.75, 3.05) is 0 Å². The fourth-order valence-electron chi connectivity index (χ4n) is 3.53. The van der Waals surface area contributed by atoms with Gasteiger partial charge in [-0.15, -0.1) is 11.8 Å². The third-order valence-electron chi connectivity index (χ3n) is 5.18. The van der Waals surface area contributed by atoms with E-state index < -0.39 is 12.1 Å². The summed E-state index contributed by atoms with van der Waals surface area (Å²) >= 11 is 0. The summed E-state index contributed by atoms with van der Waals surface area (Å²) in [6.45, 7) is 2.20. The third-order valence-corrected chi connectivity index (χ3v) is 5.18. The average Bonchev–Trinajstić information content (AvgIpc) is 2.95. The van der Waals surface area contributed by atoms with Gasteiger partial charge in [-0.3, -0.25) is 4.79 Å². The van der Waals surface area contributed by atoms with Crippen molar-refractivity contribution >= 4 is 5.97 Å². The molecular weight excluding hydrogens is 328 g/mol. The van der Waals surface area contributed by atoms with Gasteiger partial charge in [-0.05, 0) is 31.6 Å². The summed E-state index contributed by atoms with van der Waals surface area (Å²) in [5.74, 6) is 5.73. The molecule has 0 aliphatic heterocycles. The standard InChI is InChI=1S/C22H36O4/c1-2-3-4-5-8-11-19(23)16-14-18-15-17-21(24)20(18)12-9-6-7-10-13-22(25)26/h14,16,18-21,23-24H,2-5,7-8,10-13,15,17H2,1H3,(H,25,26). The van der Waals surface area contributed by atoms with E-state index in [0.29, 0.717) is 19.3 Å². The molecule has 0 bridgehead atoms. The molecule has 0 heterocycles. The molecule has 1 aliphatic rings. The smallest absolute Gasteiger partial charge is 0.303 e. The summed E-state index contributed by atoms with van der Waals surface area (Å²) < 4.78 is 0. The molecule has 1 fully saturated rings. The number of aliphatic hydroxyl groups is 2. The maximum Gasteiger partial charge on any atom is 0.303 e. The van der Waals surface area contributed by atoms with E-state index in [0.717, 1.165) is 25.7 Å². The van der Waals surface area contributed by atoms with Gasteiger partial charge in [0.25, 0.3) is 0 Å². The van der Waals surface area contributed by atoms with Gasteiger partial charge in [0.15, 0.2) is 0 Å². The van der Waals surface area contributed by atoms with Crippen LogP contribution in [0.4, 0.5) is 0 Å². The maximum absolute atomic E-state index is 10.5. The van der Waals surface area contributed by atoms with E-state index in [2.05, 4.69) is 24.8 Å². The van der Waals surface area contributed by atoms with E-state index in [4.69, 9.17) is 5.11 Å². The molecule has 4 heteroatoms. The highest BCUT2D eigenvalue weighted by Crippen LogP contribution is 2.35. The van der Waals surface area contributed by atoms with Gasteiger partial charge in [0.05, 0.1) is 12.2 Å². The van der Waals surface area contributed by atoms with E-state index in [1.807, 2.05) is 6.08 Å². The van der Waals surface area contributed by atoms with Crippen LogP contribution in [0.1, 0.15) is 84.0 Å². The van der Waals surface area contributed by atoms with Crippen LogP contribution in [0.15, 0.2) is 12.2 Å². The van der Waals surface area contributed by atoms with Gasteiger partial charge < -0.3 is 15.3 Å². The quantitative estimate of drug-likeness (QED) is 0.274. The molecule has 4 unspecified atom stereocenters. The van der Waals surface area contributed by atoms with Gasteiger partial charge in [-0.25, -0.2) is 0 Å². The highest BCUT2D eigenvalue weighted by molar-refractivity contribution is 5.66. The van der Waals surface area contributed by atoms with E-state index in [1.165, 1.54) is 25.7 Å². The molecule has 1 saturated carbocycles. The lowest BCUT2D eigenvalue weighted by molar-refractivity contribution is -0.137. The molecule has 1 aliphatic carbocycles. The molecule has 148 valence electrons. The summed E-state index contributed by atoms with van der Waals surface area (Å²) in [4.78, 5) is 10.5. The number of carboxylic acid groups (broad SMARTS) is 1. The van der Waals surface area contributed by atoms with Crippen molar-refractivity contribution in [1.29, 1.82) is 0 Å². The zero-order chi connectivity index (χ0) is 19.2. The number of hydrogen-bond acceptors (Lipinski definition) is 3. The van der Waals surface area contributed by atoms with Crippen LogP contribution in [0.5, 0.6) is 0 Å². The number of rotatable bonds is 12. The Morgan fingerprint density at radius 3 is 2.65 bits per heavy atom. The number of unbranched alkanes of at least 4 members (excludes halogenated alkanes) is 5. The van der Waals surface area contributed by atoms with Crippen molar-refractivity contribution in [3.05, 3.63) is 12.2 Å². The number of carbonyl (C=O) groups is 1. The summed E-state index contributed by atoms with van der Waals surface area (Å²) in [6.07, 6.45) is 13.7. The van der Waals surface area contributed by atoms with Crippen LogP contribution in [0.2, 0.25) is 0 Å². The van der Waals surface area contributed by atoms with Gasteiger partial charge in [-0.2, -0.15) is 0 Å². The lowest BCUT2D eigenvalue weighted by Crippen LogP contribution is -2.17. The first-order valence-electron chi connectivity index (χ1n) is 10.3. The van der Waals surface area contributed by atoms with Gasteiger partial charge in [-0.1, -0.05) is 51.2 Å². The zero-order valence-corrected chi connectivity index (χ0v) is 16.2. The Bertz CT molecular complexity index is 474. The van der Waals surface area contributed by atoms with Crippen molar-refractivity contribution in [2.24, 2.45) is 11.8 Å². The second kappa shape index (κ2) is 13.8. The van der Waals surface area contributed by atoms with Crippen molar-refractivity contribution in [1.82, 2.24) is 0 Å². The minimum atomic E-state index is -0.785. The number of carboxylic acids is 1. The Morgan fingerprint density at radius 2 is 1.92 bits per heavy atom. The molecular formula is C22H36O4. The van der Waals surface area contributed by atoms with Crippen molar-refractivity contribution < 1.29 is 20.1 Å². The van der Waals surface area contributed by atoms with Crippen LogP contribution in [0.25, 0.3) is 0 Å². The molecule has 26 heavy (non-hydrogen) atoms. The predicted octanol–water partition coefficient (Wildman–Crippen LogP) is 4.30. The molecule has 0 radical (unpaired) electrons. The lowest BCUT2D eigenvalue weighted by Gasteiger charge is -2.17. The molecule has 3 N–H and O–H groups in total.